The first-order valence-electron chi connectivity index (χ1n) is 14.4. The van der Waals surface area contributed by atoms with Crippen LogP contribution in [0.25, 0.3) is 16.5 Å². The van der Waals surface area contributed by atoms with Crippen LogP contribution in [0.3, 0.4) is 0 Å². The molecule has 1 aliphatic carbocycles. The van der Waals surface area contributed by atoms with Crippen LogP contribution in [-0.4, -0.2) is 84.1 Å². The van der Waals surface area contributed by atoms with Gasteiger partial charge >= 0.3 is 6.01 Å². The Kier molecular flexibility index (Phi) is 7.70. The van der Waals surface area contributed by atoms with E-state index in [0.29, 0.717) is 18.7 Å². The van der Waals surface area contributed by atoms with Gasteiger partial charge in [-0.3, -0.25) is 0 Å². The van der Waals surface area contributed by atoms with Gasteiger partial charge in [0.2, 0.25) is 0 Å². The number of ether oxygens (including phenoxy) is 2. The van der Waals surface area contributed by atoms with Gasteiger partial charge in [0.1, 0.15) is 28.6 Å². The van der Waals surface area contributed by atoms with E-state index in [4.69, 9.17) is 21.7 Å². The van der Waals surface area contributed by atoms with Gasteiger partial charge in [-0.15, -0.1) is 6.42 Å². The van der Waals surface area contributed by atoms with Crippen molar-refractivity contribution in [3.63, 3.8) is 0 Å². The Labute approximate surface area is 254 Å². The number of nitrogens with zero attached hydrogens (tertiary/aromatic N) is 5. The molecule has 3 aromatic rings. The van der Waals surface area contributed by atoms with Crippen molar-refractivity contribution in [2.75, 3.05) is 58.5 Å². The van der Waals surface area contributed by atoms with Gasteiger partial charge in [0, 0.05) is 41.2 Å². The number of aromatic nitrogens is 2. The number of rotatable bonds is 7. The van der Waals surface area contributed by atoms with E-state index in [-0.39, 0.29) is 71.1 Å². The summed E-state index contributed by atoms with van der Waals surface area (Å²) in [7, 11) is 3.98. The Morgan fingerprint density at radius 3 is 2.66 bits per heavy atom. The van der Waals surface area contributed by atoms with Crippen LogP contribution < -0.4 is 15.5 Å². The topological polar surface area (TPSA) is 100 Å². The van der Waals surface area contributed by atoms with Gasteiger partial charge in [-0.25, -0.2) is 19.0 Å². The highest BCUT2D eigenvalue weighted by atomic mass is 19.1. The van der Waals surface area contributed by atoms with Crippen LogP contribution in [0.1, 0.15) is 42.0 Å². The SMILES string of the molecule is C#Cc1c(F)ccc2c1C(c1c(F)cc3c(N4CCOCC(C)(O)C4)nc(OCC4(CN(C)C)CC4)nc3c1F)=CN(N)C2. The average Bonchev–Trinajstić information content (AvgIpc) is 3.74. The molecule has 1 saturated carbocycles. The molecule has 1 unspecified atom stereocenters. The summed E-state index contributed by atoms with van der Waals surface area (Å²) in [5, 5.41) is 12.2. The number of hydrogen-bond acceptors (Lipinski definition) is 9. The third-order valence-electron chi connectivity index (χ3n) is 8.28. The van der Waals surface area contributed by atoms with E-state index < -0.39 is 28.6 Å². The van der Waals surface area contributed by atoms with Gasteiger partial charge in [0.05, 0.1) is 44.0 Å². The molecule has 2 aliphatic heterocycles. The van der Waals surface area contributed by atoms with Crippen LogP contribution in [0.4, 0.5) is 19.0 Å². The molecule has 6 rings (SSSR count). The van der Waals surface area contributed by atoms with E-state index in [0.717, 1.165) is 25.5 Å². The lowest BCUT2D eigenvalue weighted by Crippen LogP contribution is -2.42. The van der Waals surface area contributed by atoms with E-state index in [9.17, 15) is 9.50 Å². The fourth-order valence-corrected chi connectivity index (χ4v) is 6.17. The molecule has 1 aromatic heterocycles. The first-order valence-corrected chi connectivity index (χ1v) is 14.4. The van der Waals surface area contributed by atoms with Crippen molar-refractivity contribution in [2.24, 2.45) is 11.3 Å². The average molecular weight is 609 g/mol. The maximum absolute atomic E-state index is 16.8. The number of terminal acetylenes is 1. The van der Waals surface area contributed by atoms with Gasteiger partial charge in [0.25, 0.3) is 0 Å². The molecule has 3 heterocycles. The van der Waals surface area contributed by atoms with Crippen molar-refractivity contribution >= 4 is 22.3 Å². The van der Waals surface area contributed by atoms with Crippen LogP contribution in [0.5, 0.6) is 6.01 Å². The zero-order chi connectivity index (χ0) is 31.4. The molecule has 0 radical (unpaired) electrons. The number of hydrazine groups is 1. The highest BCUT2D eigenvalue weighted by molar-refractivity contribution is 5.95. The summed E-state index contributed by atoms with van der Waals surface area (Å²) in [6.45, 7) is 3.68. The van der Waals surface area contributed by atoms with Gasteiger partial charge in [0.15, 0.2) is 5.82 Å². The maximum Gasteiger partial charge on any atom is 0.319 e. The first-order chi connectivity index (χ1) is 20.9. The standard InChI is InChI=1S/C32H35F3N6O3/c1-5-20-23(33)7-6-19-13-41(36)14-22(25(19)20)26-24(34)12-21-28(27(26)35)37-30(44-18-32(8-9-32)16-39(3)4)38-29(21)40-10-11-43-17-31(2,42)15-40/h1,6-7,12,14,42H,8-11,13,15-18,36H2,2-4H3. The molecular weight excluding hydrogens is 573 g/mol. The van der Waals surface area contributed by atoms with Crippen molar-refractivity contribution in [1.29, 1.82) is 0 Å². The molecule has 232 valence electrons. The van der Waals surface area contributed by atoms with Crippen molar-refractivity contribution in [3.05, 3.63) is 64.1 Å². The smallest absolute Gasteiger partial charge is 0.319 e. The molecule has 3 N–H and O–H groups in total. The summed E-state index contributed by atoms with van der Waals surface area (Å²) in [6, 6.07) is 3.78. The van der Waals surface area contributed by atoms with Gasteiger partial charge in [-0.2, -0.15) is 9.97 Å². The molecular formula is C32H35F3N6O3. The summed E-state index contributed by atoms with van der Waals surface area (Å²) in [5.41, 5.74) is -1.36. The van der Waals surface area contributed by atoms with Crippen LogP contribution in [0.15, 0.2) is 24.4 Å². The van der Waals surface area contributed by atoms with E-state index in [1.165, 1.54) is 23.3 Å². The van der Waals surface area contributed by atoms with Crippen molar-refractivity contribution in [3.8, 4) is 18.4 Å². The third-order valence-corrected chi connectivity index (χ3v) is 8.28. The normalized spacial score (nSPS) is 21.1. The third kappa shape index (κ3) is 5.68. The van der Waals surface area contributed by atoms with Crippen LogP contribution in [-0.2, 0) is 11.3 Å². The Morgan fingerprint density at radius 2 is 1.95 bits per heavy atom. The number of anilines is 1. The molecule has 0 spiro atoms. The summed E-state index contributed by atoms with van der Waals surface area (Å²) < 4.78 is 59.4. The minimum absolute atomic E-state index is 0.00486. The molecule has 1 saturated heterocycles. The predicted molar refractivity (Wildman–Crippen MR) is 160 cm³/mol. The molecule has 0 amide bonds. The van der Waals surface area contributed by atoms with E-state index in [1.54, 1.807) is 11.8 Å². The summed E-state index contributed by atoms with van der Waals surface area (Å²) in [5.74, 6) is 6.01. The highest BCUT2D eigenvalue weighted by Gasteiger charge is 2.44. The number of halogens is 3. The van der Waals surface area contributed by atoms with E-state index in [2.05, 4.69) is 20.8 Å². The van der Waals surface area contributed by atoms with Crippen molar-refractivity contribution < 1.29 is 27.8 Å². The summed E-state index contributed by atoms with van der Waals surface area (Å²) in [6.07, 6.45) is 8.94. The number of fused-ring (bicyclic) bond motifs is 2. The van der Waals surface area contributed by atoms with Crippen LogP contribution in [0.2, 0.25) is 0 Å². The second-order valence-electron chi connectivity index (χ2n) is 12.6. The largest absolute Gasteiger partial charge is 0.463 e. The molecule has 9 nitrogen and oxygen atoms in total. The zero-order valence-electron chi connectivity index (χ0n) is 25.0. The molecule has 1 atom stereocenters. The number of nitrogens with two attached hydrogens (primary N) is 1. The fourth-order valence-electron chi connectivity index (χ4n) is 6.17. The minimum atomic E-state index is -1.24. The molecule has 12 heteroatoms. The predicted octanol–water partition coefficient (Wildman–Crippen LogP) is 3.42. The Morgan fingerprint density at radius 1 is 1.18 bits per heavy atom. The van der Waals surface area contributed by atoms with Crippen LogP contribution >= 0.6 is 0 Å². The number of β-amino-alcohol motifs (C(OH)–C–C–N with tert-alkyl or cyclic N) is 1. The lowest BCUT2D eigenvalue weighted by molar-refractivity contribution is -0.0123. The lowest BCUT2D eigenvalue weighted by atomic mass is 9.87. The molecule has 0 bridgehead atoms. The summed E-state index contributed by atoms with van der Waals surface area (Å²) >= 11 is 0. The fraction of sp³-hybridized carbons (Fsp3) is 0.438. The molecule has 44 heavy (non-hydrogen) atoms. The monoisotopic (exact) mass is 608 g/mol. The second-order valence-corrected chi connectivity index (χ2v) is 12.6. The maximum atomic E-state index is 16.8. The van der Waals surface area contributed by atoms with Gasteiger partial charge < -0.3 is 29.4 Å². The van der Waals surface area contributed by atoms with Crippen LogP contribution in [0, 0.1) is 35.2 Å². The number of hydrogen-bond donors (Lipinski definition) is 2. The zero-order valence-corrected chi connectivity index (χ0v) is 25.0. The Balaban J connectivity index is 1.53. The number of benzene rings is 2. The molecule has 2 fully saturated rings. The van der Waals surface area contributed by atoms with Crippen molar-refractivity contribution in [2.45, 2.75) is 31.9 Å². The minimum Gasteiger partial charge on any atom is -0.463 e. The Bertz CT molecular complexity index is 1700. The van der Waals surface area contributed by atoms with E-state index in [1.807, 2.05) is 14.1 Å². The highest BCUT2D eigenvalue weighted by Crippen LogP contribution is 2.46. The van der Waals surface area contributed by atoms with E-state index >= 15 is 8.78 Å². The van der Waals surface area contributed by atoms with Gasteiger partial charge in [-0.05, 0) is 51.6 Å². The van der Waals surface area contributed by atoms with Gasteiger partial charge in [-0.1, -0.05) is 12.0 Å². The molecule has 2 aromatic carbocycles. The molecule has 3 aliphatic rings. The lowest BCUT2D eigenvalue weighted by Gasteiger charge is -2.30. The Hall–Kier alpha value is -3.89. The summed E-state index contributed by atoms with van der Waals surface area (Å²) in [4.78, 5) is 12.9. The van der Waals surface area contributed by atoms with Crippen molar-refractivity contribution in [1.82, 2.24) is 19.9 Å². The first kappa shape index (κ1) is 30.1. The second kappa shape index (κ2) is 11.2. The quantitative estimate of drug-likeness (QED) is 0.309. The number of aliphatic hydroxyl groups is 1.